The molecule has 0 N–H and O–H groups in total. The minimum Gasteiger partial charge on any atom is -0.490 e. The average molecular weight is 344 g/mol. The summed E-state index contributed by atoms with van der Waals surface area (Å²) >= 11 is 0. The molecule has 0 saturated heterocycles. The molecular formula is C18H20N2O3S. The Morgan fingerprint density at radius 1 is 1.04 bits per heavy atom. The zero-order valence-electron chi connectivity index (χ0n) is 13.6. The average Bonchev–Trinajstić information content (AvgIpc) is 2.61. The van der Waals surface area contributed by atoms with Crippen molar-refractivity contribution in [2.45, 2.75) is 17.7 Å². The minimum absolute atomic E-state index is 0.315. The number of anilines is 2. The third-order valence-electron chi connectivity index (χ3n) is 4.68. The Labute approximate surface area is 142 Å². The van der Waals surface area contributed by atoms with E-state index in [2.05, 4.69) is 0 Å². The molecule has 126 valence electrons. The molecule has 4 rings (SSSR count). The fourth-order valence-electron chi connectivity index (χ4n) is 3.37. The first-order valence-electron chi connectivity index (χ1n) is 8.16. The second kappa shape index (κ2) is 5.70. The van der Waals surface area contributed by atoms with Gasteiger partial charge in [-0.1, -0.05) is 18.2 Å². The molecule has 0 saturated carbocycles. The van der Waals surface area contributed by atoms with E-state index >= 15 is 0 Å². The van der Waals surface area contributed by atoms with Crippen molar-refractivity contribution in [2.75, 3.05) is 35.9 Å². The molecule has 6 heteroatoms. The van der Waals surface area contributed by atoms with Crippen LogP contribution in [0.2, 0.25) is 0 Å². The number of hydrogen-bond acceptors (Lipinski definition) is 4. The Hall–Kier alpha value is -2.21. The van der Waals surface area contributed by atoms with Gasteiger partial charge in [0.2, 0.25) is 0 Å². The van der Waals surface area contributed by atoms with Gasteiger partial charge < -0.3 is 9.64 Å². The van der Waals surface area contributed by atoms with Crippen molar-refractivity contribution in [1.82, 2.24) is 0 Å². The first-order valence-corrected chi connectivity index (χ1v) is 9.60. The second-order valence-corrected chi connectivity index (χ2v) is 8.07. The Balaban J connectivity index is 1.78. The van der Waals surface area contributed by atoms with Gasteiger partial charge in [0.25, 0.3) is 10.0 Å². The van der Waals surface area contributed by atoms with Gasteiger partial charge in [-0.15, -0.1) is 0 Å². The van der Waals surface area contributed by atoms with Crippen LogP contribution in [0.3, 0.4) is 0 Å². The number of likely N-dealkylation sites (N-methyl/N-ethyl adjacent to an activating group) is 1. The van der Waals surface area contributed by atoms with E-state index in [0.717, 1.165) is 42.1 Å². The van der Waals surface area contributed by atoms with Crippen LogP contribution in [0.25, 0.3) is 0 Å². The van der Waals surface area contributed by atoms with Gasteiger partial charge in [-0.25, -0.2) is 8.42 Å². The van der Waals surface area contributed by atoms with Crippen molar-refractivity contribution in [3.63, 3.8) is 0 Å². The minimum atomic E-state index is -3.58. The van der Waals surface area contributed by atoms with Crippen LogP contribution >= 0.6 is 0 Å². The summed E-state index contributed by atoms with van der Waals surface area (Å²) in [6.45, 7) is 1.89. The molecular weight excluding hydrogens is 324 g/mol. The molecule has 5 nitrogen and oxygen atoms in total. The third-order valence-corrected chi connectivity index (χ3v) is 6.49. The normalized spacial score (nSPS) is 17.0. The Kier molecular flexibility index (Phi) is 3.64. The zero-order chi connectivity index (χ0) is 16.7. The van der Waals surface area contributed by atoms with E-state index < -0.39 is 10.0 Å². The smallest absolute Gasteiger partial charge is 0.264 e. The van der Waals surface area contributed by atoms with Crippen molar-refractivity contribution in [3.8, 4) is 5.75 Å². The van der Waals surface area contributed by atoms with Crippen molar-refractivity contribution >= 4 is 21.4 Å². The molecule has 0 spiro atoms. The van der Waals surface area contributed by atoms with Gasteiger partial charge >= 0.3 is 0 Å². The summed E-state index contributed by atoms with van der Waals surface area (Å²) in [5.41, 5.74) is 2.71. The fraction of sp³-hybridized carbons (Fsp3) is 0.333. The number of hydrogen-bond donors (Lipinski definition) is 0. The number of fused-ring (bicyclic) bond motifs is 2. The maximum absolute atomic E-state index is 13.2. The van der Waals surface area contributed by atoms with E-state index in [9.17, 15) is 8.42 Å². The molecule has 2 heterocycles. The predicted octanol–water partition coefficient (Wildman–Crippen LogP) is 2.66. The van der Waals surface area contributed by atoms with Gasteiger partial charge in [0, 0.05) is 13.6 Å². The first-order chi connectivity index (χ1) is 11.6. The summed E-state index contributed by atoms with van der Waals surface area (Å²) in [5, 5.41) is 0. The topological polar surface area (TPSA) is 49.9 Å². The van der Waals surface area contributed by atoms with Crippen molar-refractivity contribution < 1.29 is 13.2 Å². The lowest BCUT2D eigenvalue weighted by Crippen LogP contribution is -2.36. The molecule has 2 aliphatic rings. The summed E-state index contributed by atoms with van der Waals surface area (Å²) in [7, 11) is -1.63. The molecule has 24 heavy (non-hydrogen) atoms. The lowest BCUT2D eigenvalue weighted by atomic mass is 10.0. The van der Waals surface area contributed by atoms with Gasteiger partial charge in [0.1, 0.15) is 12.4 Å². The maximum atomic E-state index is 13.2. The number of aryl methyl sites for hydroxylation is 1. The van der Waals surface area contributed by atoms with E-state index in [0.29, 0.717) is 18.0 Å². The number of ether oxygens (including phenoxy) is 1. The molecule has 0 fully saturated rings. The molecule has 2 aliphatic heterocycles. The number of para-hydroxylation sites is 1. The SMILES string of the molecule is CN1CCOc2ccc(S(=O)(=O)N3CCCc4ccccc43)cc21. The molecule has 2 aromatic carbocycles. The predicted molar refractivity (Wildman–Crippen MR) is 94.5 cm³/mol. The van der Waals surface area contributed by atoms with Crippen molar-refractivity contribution in [1.29, 1.82) is 0 Å². The molecule has 0 radical (unpaired) electrons. The van der Waals surface area contributed by atoms with Gasteiger partial charge in [-0.2, -0.15) is 0 Å². The molecule has 0 amide bonds. The number of nitrogens with zero attached hydrogens (tertiary/aromatic N) is 2. The molecule has 0 unspecified atom stereocenters. The second-order valence-electron chi connectivity index (χ2n) is 6.21. The van der Waals surface area contributed by atoms with Gasteiger partial charge in [-0.05, 0) is 42.7 Å². The number of sulfonamides is 1. The number of rotatable bonds is 2. The largest absolute Gasteiger partial charge is 0.490 e. The van der Waals surface area contributed by atoms with E-state index in [4.69, 9.17) is 4.74 Å². The highest BCUT2D eigenvalue weighted by atomic mass is 32.2. The van der Waals surface area contributed by atoms with Gasteiger partial charge in [0.05, 0.1) is 22.8 Å². The van der Waals surface area contributed by atoms with Crippen LogP contribution in [0.1, 0.15) is 12.0 Å². The van der Waals surface area contributed by atoms with E-state index in [-0.39, 0.29) is 0 Å². The van der Waals surface area contributed by atoms with Crippen LogP contribution in [0.5, 0.6) is 5.75 Å². The molecule has 0 bridgehead atoms. The summed E-state index contributed by atoms with van der Waals surface area (Å²) in [5.74, 6) is 0.738. The summed E-state index contributed by atoms with van der Waals surface area (Å²) < 4.78 is 33.6. The summed E-state index contributed by atoms with van der Waals surface area (Å²) in [4.78, 5) is 2.34. The highest BCUT2D eigenvalue weighted by Gasteiger charge is 2.30. The summed E-state index contributed by atoms with van der Waals surface area (Å²) in [6.07, 6.45) is 1.76. The van der Waals surface area contributed by atoms with Gasteiger partial charge in [-0.3, -0.25) is 4.31 Å². The zero-order valence-corrected chi connectivity index (χ0v) is 14.4. The Bertz CT molecular complexity index is 880. The van der Waals surface area contributed by atoms with Crippen LogP contribution in [0.15, 0.2) is 47.4 Å². The van der Waals surface area contributed by atoms with Crippen LogP contribution in [0.4, 0.5) is 11.4 Å². The number of benzene rings is 2. The lowest BCUT2D eigenvalue weighted by Gasteiger charge is -2.32. The Morgan fingerprint density at radius 2 is 1.88 bits per heavy atom. The maximum Gasteiger partial charge on any atom is 0.264 e. The van der Waals surface area contributed by atoms with Gasteiger partial charge in [0.15, 0.2) is 0 Å². The van der Waals surface area contributed by atoms with Crippen molar-refractivity contribution in [2.24, 2.45) is 0 Å². The van der Waals surface area contributed by atoms with E-state index in [1.165, 1.54) is 4.31 Å². The highest BCUT2D eigenvalue weighted by Crippen LogP contribution is 2.36. The fourth-order valence-corrected chi connectivity index (χ4v) is 4.93. The molecule has 0 aromatic heterocycles. The molecule has 2 aromatic rings. The van der Waals surface area contributed by atoms with E-state index in [1.807, 2.05) is 36.2 Å². The monoisotopic (exact) mass is 344 g/mol. The van der Waals surface area contributed by atoms with Crippen LogP contribution in [-0.4, -0.2) is 35.2 Å². The standard InChI is InChI=1S/C18H20N2O3S/c1-19-11-12-23-18-9-8-15(13-17(18)19)24(21,22)20-10-4-6-14-5-2-3-7-16(14)20/h2-3,5,7-9,13H,4,6,10-12H2,1H3. The van der Waals surface area contributed by atoms with Crippen molar-refractivity contribution in [3.05, 3.63) is 48.0 Å². The first kappa shape index (κ1) is 15.3. The third kappa shape index (κ3) is 2.41. The van der Waals surface area contributed by atoms with Crippen LogP contribution < -0.4 is 13.9 Å². The van der Waals surface area contributed by atoms with Crippen LogP contribution in [-0.2, 0) is 16.4 Å². The highest BCUT2D eigenvalue weighted by molar-refractivity contribution is 7.92. The Morgan fingerprint density at radius 3 is 2.75 bits per heavy atom. The van der Waals surface area contributed by atoms with Crippen LogP contribution in [0, 0.1) is 0 Å². The quantitative estimate of drug-likeness (QED) is 0.840. The molecule has 0 atom stereocenters. The lowest BCUT2D eigenvalue weighted by molar-refractivity contribution is 0.311. The summed E-state index contributed by atoms with van der Waals surface area (Å²) in [6, 6.07) is 12.9. The molecule has 0 aliphatic carbocycles. The van der Waals surface area contributed by atoms with E-state index in [1.54, 1.807) is 18.2 Å².